The highest BCUT2D eigenvalue weighted by Crippen LogP contribution is 2.22. The fraction of sp³-hybridized carbons (Fsp3) is 0.368. The molecular formula is C19H22N2O2. The van der Waals surface area contributed by atoms with Crippen LogP contribution in [0, 0.1) is 0 Å². The van der Waals surface area contributed by atoms with Crippen LogP contribution in [0.1, 0.15) is 35.2 Å². The van der Waals surface area contributed by atoms with E-state index in [1.54, 1.807) is 19.3 Å². The highest BCUT2D eigenvalue weighted by atomic mass is 16.2. The van der Waals surface area contributed by atoms with Crippen LogP contribution in [0.2, 0.25) is 0 Å². The number of aryl methyl sites for hydroxylation is 1. The average molecular weight is 310 g/mol. The van der Waals surface area contributed by atoms with E-state index < -0.39 is 0 Å². The zero-order valence-electron chi connectivity index (χ0n) is 13.4. The van der Waals surface area contributed by atoms with Crippen molar-refractivity contribution in [1.82, 2.24) is 9.47 Å². The molecule has 3 rings (SSSR count). The third-order valence-corrected chi connectivity index (χ3v) is 4.55. The van der Waals surface area contributed by atoms with Crippen LogP contribution in [0.15, 0.2) is 53.5 Å². The van der Waals surface area contributed by atoms with Crippen molar-refractivity contribution in [2.45, 2.75) is 31.7 Å². The molecule has 0 aliphatic carbocycles. The van der Waals surface area contributed by atoms with Crippen LogP contribution in [0.3, 0.4) is 0 Å². The lowest BCUT2D eigenvalue weighted by atomic mass is 9.95. The maximum Gasteiger partial charge on any atom is 0.254 e. The van der Waals surface area contributed by atoms with E-state index in [4.69, 9.17) is 0 Å². The summed E-state index contributed by atoms with van der Waals surface area (Å²) >= 11 is 0. The second-order valence-electron chi connectivity index (χ2n) is 6.20. The number of aromatic nitrogens is 1. The van der Waals surface area contributed by atoms with Gasteiger partial charge in [-0.2, -0.15) is 0 Å². The summed E-state index contributed by atoms with van der Waals surface area (Å²) in [4.78, 5) is 26.6. The van der Waals surface area contributed by atoms with E-state index in [0.29, 0.717) is 5.56 Å². The number of nitrogens with zero attached hydrogens (tertiary/aromatic N) is 2. The molecule has 0 saturated carbocycles. The van der Waals surface area contributed by atoms with Gasteiger partial charge >= 0.3 is 0 Å². The van der Waals surface area contributed by atoms with Crippen LogP contribution in [0.5, 0.6) is 0 Å². The summed E-state index contributed by atoms with van der Waals surface area (Å²) in [6.07, 6.45) is 5.73. The number of carbonyl (C=O) groups is 1. The second kappa shape index (κ2) is 6.82. The zero-order chi connectivity index (χ0) is 16.2. The SMILES string of the molecule is Cn1ccc(C(=O)N2CCCCC2Cc2ccccc2)cc1=O. The summed E-state index contributed by atoms with van der Waals surface area (Å²) in [7, 11) is 1.69. The minimum Gasteiger partial charge on any atom is -0.335 e. The molecular weight excluding hydrogens is 288 g/mol. The molecule has 2 aromatic rings. The van der Waals surface area contributed by atoms with Gasteiger partial charge in [0.2, 0.25) is 0 Å². The van der Waals surface area contributed by atoms with Gasteiger partial charge in [0, 0.05) is 37.5 Å². The Morgan fingerprint density at radius 3 is 2.70 bits per heavy atom. The molecule has 1 aliphatic rings. The predicted molar refractivity (Wildman–Crippen MR) is 90.5 cm³/mol. The molecule has 1 amide bonds. The molecule has 23 heavy (non-hydrogen) atoms. The third kappa shape index (κ3) is 3.52. The van der Waals surface area contributed by atoms with E-state index in [0.717, 1.165) is 32.2 Å². The first-order valence-corrected chi connectivity index (χ1v) is 8.17. The first kappa shape index (κ1) is 15.5. The van der Waals surface area contributed by atoms with E-state index in [1.807, 2.05) is 23.1 Å². The van der Waals surface area contributed by atoms with E-state index in [2.05, 4.69) is 12.1 Å². The van der Waals surface area contributed by atoms with Crippen molar-refractivity contribution in [3.8, 4) is 0 Å². The van der Waals surface area contributed by atoms with Gasteiger partial charge in [0.15, 0.2) is 0 Å². The Hall–Kier alpha value is -2.36. The van der Waals surface area contributed by atoms with Crippen molar-refractivity contribution in [1.29, 1.82) is 0 Å². The molecule has 4 nitrogen and oxygen atoms in total. The minimum absolute atomic E-state index is 0.0247. The van der Waals surface area contributed by atoms with Crippen LogP contribution >= 0.6 is 0 Å². The molecule has 1 aromatic heterocycles. The number of amides is 1. The minimum atomic E-state index is -0.146. The van der Waals surface area contributed by atoms with Gasteiger partial charge in [-0.15, -0.1) is 0 Å². The first-order chi connectivity index (χ1) is 11.1. The molecule has 0 bridgehead atoms. The monoisotopic (exact) mass is 310 g/mol. The highest BCUT2D eigenvalue weighted by Gasteiger charge is 2.27. The summed E-state index contributed by atoms with van der Waals surface area (Å²) in [6, 6.07) is 13.7. The molecule has 0 radical (unpaired) electrons. The molecule has 1 unspecified atom stereocenters. The Balaban J connectivity index is 1.81. The lowest BCUT2D eigenvalue weighted by Crippen LogP contribution is -2.45. The molecule has 4 heteroatoms. The number of likely N-dealkylation sites (tertiary alicyclic amines) is 1. The van der Waals surface area contributed by atoms with E-state index >= 15 is 0 Å². The first-order valence-electron chi connectivity index (χ1n) is 8.17. The number of piperidine rings is 1. The van der Waals surface area contributed by atoms with Gasteiger partial charge < -0.3 is 9.47 Å². The van der Waals surface area contributed by atoms with Gasteiger partial charge in [-0.3, -0.25) is 9.59 Å². The normalized spacial score (nSPS) is 18.0. The van der Waals surface area contributed by atoms with E-state index in [-0.39, 0.29) is 17.5 Å². The summed E-state index contributed by atoms with van der Waals surface area (Å²) in [6.45, 7) is 0.769. The van der Waals surface area contributed by atoms with Crippen LogP contribution in [-0.2, 0) is 13.5 Å². The topological polar surface area (TPSA) is 42.3 Å². The van der Waals surface area contributed by atoms with Crippen LogP contribution in [0.25, 0.3) is 0 Å². The molecule has 1 fully saturated rings. The zero-order valence-corrected chi connectivity index (χ0v) is 13.4. The van der Waals surface area contributed by atoms with Gasteiger partial charge in [-0.05, 0) is 37.3 Å². The van der Waals surface area contributed by atoms with Crippen molar-refractivity contribution in [3.63, 3.8) is 0 Å². The number of hydrogen-bond donors (Lipinski definition) is 0. The quantitative estimate of drug-likeness (QED) is 0.874. The van der Waals surface area contributed by atoms with Crippen molar-refractivity contribution >= 4 is 5.91 Å². The Bertz CT molecular complexity index is 737. The van der Waals surface area contributed by atoms with E-state index in [9.17, 15) is 9.59 Å². The predicted octanol–water partition coefficient (Wildman–Crippen LogP) is 2.62. The molecule has 0 spiro atoms. The largest absolute Gasteiger partial charge is 0.335 e. The summed E-state index contributed by atoms with van der Waals surface area (Å²) in [5.41, 5.74) is 1.60. The number of pyridine rings is 1. The van der Waals surface area contributed by atoms with Crippen LogP contribution in [-0.4, -0.2) is 28.0 Å². The Kier molecular flexibility index (Phi) is 4.60. The second-order valence-corrected chi connectivity index (χ2v) is 6.20. The molecule has 1 saturated heterocycles. The third-order valence-electron chi connectivity index (χ3n) is 4.55. The van der Waals surface area contributed by atoms with Crippen LogP contribution in [0.4, 0.5) is 0 Å². The standard InChI is InChI=1S/C19H22N2O2/c1-20-12-10-16(14-18(20)22)19(23)21-11-6-5-9-17(21)13-15-7-3-2-4-8-15/h2-4,7-8,10,12,14,17H,5-6,9,11,13H2,1H3. The van der Waals surface area contributed by atoms with Gasteiger partial charge in [-0.25, -0.2) is 0 Å². The number of carbonyl (C=O) groups excluding carboxylic acids is 1. The number of hydrogen-bond acceptors (Lipinski definition) is 2. The molecule has 2 heterocycles. The Morgan fingerprint density at radius 2 is 1.96 bits per heavy atom. The maximum absolute atomic E-state index is 12.8. The average Bonchev–Trinajstić information content (AvgIpc) is 2.58. The van der Waals surface area contributed by atoms with Crippen LogP contribution < -0.4 is 5.56 Å². The fourth-order valence-electron chi connectivity index (χ4n) is 3.21. The summed E-state index contributed by atoms with van der Waals surface area (Å²) < 4.78 is 1.48. The van der Waals surface area contributed by atoms with Gasteiger partial charge in [0.25, 0.3) is 11.5 Å². The lowest BCUT2D eigenvalue weighted by Gasteiger charge is -2.36. The van der Waals surface area contributed by atoms with Crippen molar-refractivity contribution < 1.29 is 4.79 Å². The number of benzene rings is 1. The molecule has 0 N–H and O–H groups in total. The summed E-state index contributed by atoms with van der Waals surface area (Å²) in [5, 5.41) is 0. The molecule has 1 aromatic carbocycles. The Morgan fingerprint density at radius 1 is 1.17 bits per heavy atom. The highest BCUT2D eigenvalue weighted by molar-refractivity contribution is 5.94. The van der Waals surface area contributed by atoms with Crippen molar-refractivity contribution in [3.05, 3.63) is 70.1 Å². The fourth-order valence-corrected chi connectivity index (χ4v) is 3.21. The smallest absolute Gasteiger partial charge is 0.254 e. The maximum atomic E-state index is 12.8. The lowest BCUT2D eigenvalue weighted by molar-refractivity contribution is 0.0613. The molecule has 1 atom stereocenters. The van der Waals surface area contributed by atoms with Gasteiger partial charge in [0.05, 0.1) is 0 Å². The van der Waals surface area contributed by atoms with E-state index in [1.165, 1.54) is 16.2 Å². The molecule has 120 valence electrons. The molecule has 1 aliphatic heterocycles. The van der Waals surface area contributed by atoms with Gasteiger partial charge in [-0.1, -0.05) is 30.3 Å². The van der Waals surface area contributed by atoms with Gasteiger partial charge in [0.1, 0.15) is 0 Å². The summed E-state index contributed by atoms with van der Waals surface area (Å²) in [5.74, 6) is -0.0247. The van der Waals surface area contributed by atoms with Crippen molar-refractivity contribution in [2.75, 3.05) is 6.54 Å². The number of rotatable bonds is 3. The Labute approximate surface area is 136 Å². The van der Waals surface area contributed by atoms with Crippen molar-refractivity contribution in [2.24, 2.45) is 7.05 Å².